The molecular formula is H12FN2NaO7P2. The van der Waals surface area contributed by atoms with Crippen molar-refractivity contribution in [2.24, 2.45) is 0 Å². The summed E-state index contributed by atoms with van der Waals surface area (Å²) in [7, 11) is -10.1. The minimum absolute atomic E-state index is 0. The Hall–Kier alpha value is 1.11. The molecule has 9 nitrogen and oxygen atoms in total. The van der Waals surface area contributed by atoms with E-state index in [4.69, 9.17) is 19.6 Å². The van der Waals surface area contributed by atoms with E-state index >= 15 is 0 Å². The quantitative estimate of drug-likeness (QED) is 0.265. The molecule has 0 heterocycles. The summed E-state index contributed by atoms with van der Waals surface area (Å²) in [6.45, 7) is 0. The molecule has 13 heteroatoms. The van der Waals surface area contributed by atoms with Crippen LogP contribution >= 0.6 is 15.6 Å². The molecule has 82 valence electrons. The molecule has 0 aliphatic heterocycles. The van der Waals surface area contributed by atoms with Crippen molar-refractivity contribution in [1.82, 2.24) is 12.3 Å². The van der Waals surface area contributed by atoms with E-state index in [2.05, 4.69) is 4.31 Å². The van der Waals surface area contributed by atoms with Crippen LogP contribution in [0.2, 0.25) is 0 Å². The van der Waals surface area contributed by atoms with Gasteiger partial charge in [0.15, 0.2) is 0 Å². The van der Waals surface area contributed by atoms with Crippen molar-refractivity contribution in [1.29, 1.82) is 0 Å². The first-order valence-corrected chi connectivity index (χ1v) is 4.59. The number of rotatable bonds is 2. The molecule has 0 saturated carbocycles. The van der Waals surface area contributed by atoms with Crippen LogP contribution in [0, 0.1) is 0 Å². The predicted molar refractivity (Wildman–Crippen MR) is 44.9 cm³/mol. The van der Waals surface area contributed by atoms with Crippen molar-refractivity contribution < 1.29 is 37.7 Å². The van der Waals surface area contributed by atoms with Crippen LogP contribution in [0.3, 0.4) is 0 Å². The topological polar surface area (TPSA) is 194 Å². The molecule has 0 rings (SSSR count). The molecule has 0 aromatic carbocycles. The Morgan fingerprint density at radius 2 is 1.00 bits per heavy atom. The Morgan fingerprint density at radius 3 is 1.00 bits per heavy atom. The van der Waals surface area contributed by atoms with Gasteiger partial charge in [0.05, 0.1) is 0 Å². The zero-order valence-corrected chi connectivity index (χ0v) is 7.52. The van der Waals surface area contributed by atoms with Crippen LogP contribution in [0.1, 0.15) is 0 Å². The summed E-state index contributed by atoms with van der Waals surface area (Å²) >= 11 is 0. The van der Waals surface area contributed by atoms with Crippen LogP contribution in [0.25, 0.3) is 0 Å². The fourth-order valence-corrected chi connectivity index (χ4v) is 1.25. The first kappa shape index (κ1) is 29.2. The summed E-state index contributed by atoms with van der Waals surface area (Å²) < 4.78 is 22.2. The van der Waals surface area contributed by atoms with E-state index in [1.807, 2.05) is 0 Å². The van der Waals surface area contributed by atoms with Gasteiger partial charge in [-0.1, -0.05) is 0 Å². The molecule has 10 N–H and O–H groups in total. The Labute approximate surface area is 95.2 Å². The monoisotopic (exact) mass is 256 g/mol. The molecule has 0 aliphatic carbocycles. The zero-order chi connectivity index (χ0) is 7.71. The third-order valence-electron chi connectivity index (χ3n) is 0.213. The van der Waals surface area contributed by atoms with Gasteiger partial charge in [-0.15, -0.1) is 0 Å². The van der Waals surface area contributed by atoms with Gasteiger partial charge in [0, 0.05) is 0 Å². The SMILES string of the molecule is F.N.N.O=P(O)(O)OP(=O)(O)O.[NaH]. The molecule has 0 unspecified atom stereocenters. The summed E-state index contributed by atoms with van der Waals surface area (Å²) in [5.74, 6) is 0. The van der Waals surface area contributed by atoms with Crippen LogP contribution in [-0.4, -0.2) is 49.1 Å². The van der Waals surface area contributed by atoms with Crippen LogP contribution in [-0.2, 0) is 13.4 Å². The Morgan fingerprint density at radius 1 is 0.846 bits per heavy atom. The molecule has 0 fully saturated rings. The van der Waals surface area contributed by atoms with Crippen LogP contribution in [0.5, 0.6) is 0 Å². The van der Waals surface area contributed by atoms with Crippen molar-refractivity contribution in [3.8, 4) is 0 Å². The fraction of sp³-hybridized carbons (Fsp3) is 0. The summed E-state index contributed by atoms with van der Waals surface area (Å²) in [6.07, 6.45) is 0. The summed E-state index contributed by atoms with van der Waals surface area (Å²) in [6, 6.07) is 0. The van der Waals surface area contributed by atoms with Gasteiger partial charge in [0.1, 0.15) is 0 Å². The van der Waals surface area contributed by atoms with E-state index in [0.29, 0.717) is 0 Å². The van der Waals surface area contributed by atoms with Gasteiger partial charge >= 0.3 is 45.2 Å². The van der Waals surface area contributed by atoms with E-state index in [-0.39, 0.29) is 46.6 Å². The maximum atomic E-state index is 9.63. The molecule has 0 saturated heterocycles. The van der Waals surface area contributed by atoms with Crippen molar-refractivity contribution in [2.45, 2.75) is 0 Å². The van der Waals surface area contributed by atoms with E-state index in [1.165, 1.54) is 0 Å². The van der Waals surface area contributed by atoms with E-state index in [1.54, 1.807) is 0 Å². The van der Waals surface area contributed by atoms with Gasteiger partial charge in [0.2, 0.25) is 0 Å². The minimum atomic E-state index is -5.05. The van der Waals surface area contributed by atoms with Gasteiger partial charge in [-0.25, -0.2) is 9.13 Å². The maximum absolute atomic E-state index is 9.63. The van der Waals surface area contributed by atoms with E-state index in [9.17, 15) is 9.13 Å². The Kier molecular flexibility index (Phi) is 21.7. The number of hydrogen-bond acceptors (Lipinski definition) is 5. The molecule has 0 aliphatic rings. The summed E-state index contributed by atoms with van der Waals surface area (Å²) in [5, 5.41) is 0. The van der Waals surface area contributed by atoms with Crippen molar-refractivity contribution in [2.75, 3.05) is 0 Å². The molecule has 0 atom stereocenters. The third-order valence-corrected chi connectivity index (χ3v) is 1.91. The molecule has 0 spiro atoms. The van der Waals surface area contributed by atoms with E-state index in [0.717, 1.165) is 0 Å². The van der Waals surface area contributed by atoms with Crippen molar-refractivity contribution in [3.05, 3.63) is 0 Å². The molecule has 0 amide bonds. The Balaban J connectivity index is -0.0000000533. The van der Waals surface area contributed by atoms with E-state index < -0.39 is 15.6 Å². The standard InChI is InChI=1S/FH.2H3N.Na.H4O7P2.H/c;;;;1-8(2,3)7-9(4,5)6;/h1H;2*1H3;;(H2,1,2,3)(H2,4,5,6);. The van der Waals surface area contributed by atoms with Crippen LogP contribution < -0.4 is 12.3 Å². The fourth-order valence-electron chi connectivity index (χ4n) is 0.139. The molecule has 0 aromatic heterocycles. The van der Waals surface area contributed by atoms with Gasteiger partial charge in [0.25, 0.3) is 0 Å². The summed E-state index contributed by atoms with van der Waals surface area (Å²) in [4.78, 5) is 31.0. The first-order chi connectivity index (χ1) is 3.71. The molecular weight excluding hydrogens is 244 g/mol. The number of hydrogen-bond donors (Lipinski definition) is 6. The van der Waals surface area contributed by atoms with Crippen LogP contribution in [0.15, 0.2) is 0 Å². The number of halogens is 1. The average molecular weight is 256 g/mol. The summed E-state index contributed by atoms with van der Waals surface area (Å²) in [5.41, 5.74) is 0. The third kappa shape index (κ3) is 32.0. The second kappa shape index (κ2) is 9.66. The molecule has 0 bridgehead atoms. The van der Waals surface area contributed by atoms with Gasteiger partial charge < -0.3 is 31.9 Å². The van der Waals surface area contributed by atoms with Crippen LogP contribution in [0.4, 0.5) is 4.70 Å². The molecule has 0 radical (unpaired) electrons. The van der Waals surface area contributed by atoms with Crippen molar-refractivity contribution in [3.63, 3.8) is 0 Å². The van der Waals surface area contributed by atoms with Gasteiger partial charge in [-0.05, 0) is 0 Å². The molecule has 0 aromatic rings. The second-order valence-electron chi connectivity index (χ2n) is 1.06. The van der Waals surface area contributed by atoms with Gasteiger partial charge in [-0.2, -0.15) is 4.31 Å². The average Bonchev–Trinajstić information content (AvgIpc) is 1.14. The Bertz CT molecular complexity index is 165. The van der Waals surface area contributed by atoms with Crippen molar-refractivity contribution >= 4 is 45.2 Å². The predicted octanol–water partition coefficient (Wildman–Crippen LogP) is -0.984. The second-order valence-corrected chi connectivity index (χ2v) is 3.68. The molecule has 13 heavy (non-hydrogen) atoms. The zero-order valence-electron chi connectivity index (χ0n) is 5.73. The normalized spacial score (nSPS) is 9.54. The number of phosphoric acid groups is 2. The first-order valence-electron chi connectivity index (χ1n) is 1.53. The van der Waals surface area contributed by atoms with Gasteiger partial charge in [-0.3, -0.25) is 4.70 Å².